The van der Waals surface area contributed by atoms with Crippen molar-refractivity contribution in [1.82, 2.24) is 0 Å². The summed E-state index contributed by atoms with van der Waals surface area (Å²) in [6.07, 6.45) is 5.76. The molecule has 1 aromatic rings. The van der Waals surface area contributed by atoms with Crippen molar-refractivity contribution in [3.8, 4) is 0 Å². The van der Waals surface area contributed by atoms with E-state index in [1.807, 2.05) is 0 Å². The Labute approximate surface area is 116 Å². The highest BCUT2D eigenvalue weighted by Gasteiger charge is 2.20. The first kappa shape index (κ1) is 14.4. The number of anilines is 1. The first-order valence-electron chi connectivity index (χ1n) is 7.49. The molecule has 0 radical (unpaired) electrons. The fourth-order valence-electron chi connectivity index (χ4n) is 2.86. The van der Waals surface area contributed by atoms with Gasteiger partial charge in [-0.25, -0.2) is 0 Å². The van der Waals surface area contributed by atoms with Gasteiger partial charge in [0, 0.05) is 18.3 Å². The summed E-state index contributed by atoms with van der Waals surface area (Å²) in [5.74, 6) is 0. The SMILES string of the molecule is CC[C@@H](N)c1ccc(N2CCCCCC2CO)cc1. The van der Waals surface area contributed by atoms with Gasteiger partial charge in [0.05, 0.1) is 12.6 Å². The summed E-state index contributed by atoms with van der Waals surface area (Å²) in [4.78, 5) is 2.36. The van der Waals surface area contributed by atoms with E-state index in [9.17, 15) is 5.11 Å². The van der Waals surface area contributed by atoms with Crippen molar-refractivity contribution >= 4 is 5.69 Å². The summed E-state index contributed by atoms with van der Waals surface area (Å²) >= 11 is 0. The number of aliphatic hydroxyl groups is 1. The lowest BCUT2D eigenvalue weighted by Gasteiger charge is -2.31. The number of benzene rings is 1. The van der Waals surface area contributed by atoms with Crippen molar-refractivity contribution < 1.29 is 5.11 Å². The van der Waals surface area contributed by atoms with Crippen LogP contribution in [0.25, 0.3) is 0 Å². The molecule has 2 atom stereocenters. The number of nitrogens with zero attached hydrogens (tertiary/aromatic N) is 1. The predicted octanol–water partition coefficient (Wildman–Crippen LogP) is 2.84. The van der Waals surface area contributed by atoms with Gasteiger partial charge in [-0.15, -0.1) is 0 Å². The average Bonchev–Trinajstić information content (AvgIpc) is 2.71. The van der Waals surface area contributed by atoms with Gasteiger partial charge in [-0.3, -0.25) is 0 Å². The number of rotatable bonds is 4. The van der Waals surface area contributed by atoms with E-state index < -0.39 is 0 Å². The molecule has 3 N–H and O–H groups in total. The van der Waals surface area contributed by atoms with Gasteiger partial charge >= 0.3 is 0 Å². The summed E-state index contributed by atoms with van der Waals surface area (Å²) in [7, 11) is 0. The Balaban J connectivity index is 2.14. The van der Waals surface area contributed by atoms with Gasteiger partial charge in [0.25, 0.3) is 0 Å². The summed E-state index contributed by atoms with van der Waals surface area (Å²) in [5.41, 5.74) is 8.46. The van der Waals surface area contributed by atoms with Gasteiger partial charge in [-0.2, -0.15) is 0 Å². The number of hydrogen-bond donors (Lipinski definition) is 2. The third kappa shape index (κ3) is 3.48. The predicted molar refractivity (Wildman–Crippen MR) is 80.3 cm³/mol. The van der Waals surface area contributed by atoms with Crippen molar-refractivity contribution in [2.24, 2.45) is 5.73 Å². The summed E-state index contributed by atoms with van der Waals surface area (Å²) < 4.78 is 0. The van der Waals surface area contributed by atoms with E-state index in [1.54, 1.807) is 0 Å². The highest BCUT2D eigenvalue weighted by molar-refractivity contribution is 5.49. The Morgan fingerprint density at radius 2 is 2.00 bits per heavy atom. The second-order valence-corrected chi connectivity index (χ2v) is 5.49. The zero-order valence-electron chi connectivity index (χ0n) is 11.9. The van der Waals surface area contributed by atoms with Crippen LogP contribution in [0.15, 0.2) is 24.3 Å². The van der Waals surface area contributed by atoms with Gasteiger partial charge in [-0.1, -0.05) is 31.9 Å². The zero-order valence-corrected chi connectivity index (χ0v) is 11.9. The van der Waals surface area contributed by atoms with E-state index in [0.29, 0.717) is 0 Å². The average molecular weight is 262 g/mol. The van der Waals surface area contributed by atoms with Crippen molar-refractivity contribution in [2.45, 2.75) is 51.1 Å². The lowest BCUT2D eigenvalue weighted by molar-refractivity contribution is 0.255. The second-order valence-electron chi connectivity index (χ2n) is 5.49. The normalized spacial score (nSPS) is 22.1. The zero-order chi connectivity index (χ0) is 13.7. The van der Waals surface area contributed by atoms with Crippen LogP contribution in [0.1, 0.15) is 50.6 Å². The Bertz CT molecular complexity index is 377. The minimum absolute atomic E-state index is 0.131. The largest absolute Gasteiger partial charge is 0.394 e. The maximum absolute atomic E-state index is 9.57. The van der Waals surface area contributed by atoms with Crippen molar-refractivity contribution in [3.05, 3.63) is 29.8 Å². The van der Waals surface area contributed by atoms with E-state index in [2.05, 4.69) is 36.1 Å². The van der Waals surface area contributed by atoms with E-state index in [4.69, 9.17) is 5.73 Å². The third-order valence-corrected chi connectivity index (χ3v) is 4.18. The quantitative estimate of drug-likeness (QED) is 0.877. The topological polar surface area (TPSA) is 49.5 Å². The molecule has 2 rings (SSSR count). The molecule has 106 valence electrons. The molecule has 3 nitrogen and oxygen atoms in total. The van der Waals surface area contributed by atoms with Crippen LogP contribution in [-0.4, -0.2) is 24.3 Å². The molecular weight excluding hydrogens is 236 g/mol. The first-order valence-corrected chi connectivity index (χ1v) is 7.49. The molecule has 0 aliphatic carbocycles. The fraction of sp³-hybridized carbons (Fsp3) is 0.625. The Kier molecular flexibility index (Phi) is 5.23. The van der Waals surface area contributed by atoms with Crippen molar-refractivity contribution in [2.75, 3.05) is 18.1 Å². The highest BCUT2D eigenvalue weighted by atomic mass is 16.3. The molecule has 1 unspecified atom stereocenters. The van der Waals surface area contributed by atoms with Crippen LogP contribution < -0.4 is 10.6 Å². The van der Waals surface area contributed by atoms with E-state index in [-0.39, 0.29) is 18.7 Å². The fourth-order valence-corrected chi connectivity index (χ4v) is 2.86. The Hall–Kier alpha value is -1.06. The van der Waals surface area contributed by atoms with Crippen LogP contribution in [0.3, 0.4) is 0 Å². The molecule has 0 aromatic heterocycles. The van der Waals surface area contributed by atoms with Gasteiger partial charge in [0.2, 0.25) is 0 Å². The minimum Gasteiger partial charge on any atom is -0.394 e. The van der Waals surface area contributed by atoms with Crippen LogP contribution in [0.2, 0.25) is 0 Å². The highest BCUT2D eigenvalue weighted by Crippen LogP contribution is 2.25. The molecule has 1 saturated heterocycles. The molecule has 0 bridgehead atoms. The van der Waals surface area contributed by atoms with Gasteiger partial charge in [-0.05, 0) is 37.0 Å². The van der Waals surface area contributed by atoms with Gasteiger partial charge in [0.1, 0.15) is 0 Å². The second kappa shape index (κ2) is 6.92. The molecular formula is C16H26N2O. The lowest BCUT2D eigenvalue weighted by Crippen LogP contribution is -2.37. The van der Waals surface area contributed by atoms with Crippen LogP contribution in [0, 0.1) is 0 Å². The minimum atomic E-state index is 0.131. The molecule has 0 saturated carbocycles. The van der Waals surface area contributed by atoms with Crippen LogP contribution >= 0.6 is 0 Å². The van der Waals surface area contributed by atoms with Gasteiger partial charge in [0.15, 0.2) is 0 Å². The molecule has 1 aliphatic heterocycles. The van der Waals surface area contributed by atoms with Crippen LogP contribution in [0.4, 0.5) is 5.69 Å². The Morgan fingerprint density at radius 1 is 1.26 bits per heavy atom. The molecule has 19 heavy (non-hydrogen) atoms. The number of nitrogens with two attached hydrogens (primary N) is 1. The lowest BCUT2D eigenvalue weighted by atomic mass is 10.0. The first-order chi connectivity index (χ1) is 9.26. The molecule has 0 spiro atoms. The Morgan fingerprint density at radius 3 is 2.63 bits per heavy atom. The third-order valence-electron chi connectivity index (χ3n) is 4.18. The maximum Gasteiger partial charge on any atom is 0.0635 e. The van der Waals surface area contributed by atoms with E-state index >= 15 is 0 Å². The number of aliphatic hydroxyl groups excluding tert-OH is 1. The van der Waals surface area contributed by atoms with Crippen LogP contribution in [0.5, 0.6) is 0 Å². The van der Waals surface area contributed by atoms with E-state index in [0.717, 1.165) is 19.4 Å². The van der Waals surface area contributed by atoms with Crippen LogP contribution in [-0.2, 0) is 0 Å². The standard InChI is InChI=1S/C16H26N2O/c1-2-16(17)13-7-9-14(10-8-13)18-11-5-3-4-6-15(18)12-19/h7-10,15-16,19H,2-6,11-12,17H2,1H3/t15?,16-/m1/s1. The smallest absolute Gasteiger partial charge is 0.0635 e. The molecule has 1 aliphatic rings. The van der Waals surface area contributed by atoms with E-state index in [1.165, 1.54) is 30.5 Å². The summed E-state index contributed by atoms with van der Waals surface area (Å²) in [6.45, 7) is 3.40. The summed E-state index contributed by atoms with van der Waals surface area (Å²) in [6, 6.07) is 8.96. The molecule has 0 amide bonds. The molecule has 1 fully saturated rings. The molecule has 1 heterocycles. The molecule has 1 aromatic carbocycles. The maximum atomic E-state index is 9.57. The molecule has 3 heteroatoms. The van der Waals surface area contributed by atoms with Crippen molar-refractivity contribution in [3.63, 3.8) is 0 Å². The monoisotopic (exact) mass is 262 g/mol. The van der Waals surface area contributed by atoms with Gasteiger partial charge < -0.3 is 15.7 Å². The summed E-state index contributed by atoms with van der Waals surface area (Å²) in [5, 5.41) is 9.57. The van der Waals surface area contributed by atoms with Crippen molar-refractivity contribution in [1.29, 1.82) is 0 Å². The number of hydrogen-bond acceptors (Lipinski definition) is 3.